The molecule has 3 aromatic carbocycles. The third-order valence-electron chi connectivity index (χ3n) is 3.96. The van der Waals surface area contributed by atoms with Crippen molar-refractivity contribution in [1.82, 2.24) is 5.32 Å². The highest BCUT2D eigenvalue weighted by Gasteiger charge is 2.38. The van der Waals surface area contributed by atoms with E-state index in [1.165, 1.54) is 12.1 Å². The van der Waals surface area contributed by atoms with Crippen molar-refractivity contribution in [2.75, 3.05) is 5.32 Å². The van der Waals surface area contributed by atoms with Gasteiger partial charge in [0.25, 0.3) is 5.91 Å². The molecule has 7 heteroatoms. The maximum absolute atomic E-state index is 12.5. The fourth-order valence-electron chi connectivity index (χ4n) is 2.61. The summed E-state index contributed by atoms with van der Waals surface area (Å²) in [5.41, 5.74) is 1.50. The molecule has 0 unspecified atom stereocenters. The molecule has 0 heterocycles. The summed E-state index contributed by atoms with van der Waals surface area (Å²) < 4.78 is 36.5. The van der Waals surface area contributed by atoms with Crippen LogP contribution in [0.4, 0.5) is 18.9 Å². The zero-order valence-electron chi connectivity index (χ0n) is 14.0. The average molecular weight is 372 g/mol. The normalized spacial score (nSPS) is 11.2. The first kappa shape index (κ1) is 18.4. The van der Waals surface area contributed by atoms with Crippen LogP contribution in [0.15, 0.2) is 66.7 Å². The fourth-order valence-corrected chi connectivity index (χ4v) is 2.61. The van der Waals surface area contributed by atoms with Crippen LogP contribution in [0.5, 0.6) is 0 Å². The Labute approximate surface area is 153 Å². The van der Waals surface area contributed by atoms with Crippen LogP contribution in [-0.4, -0.2) is 18.0 Å². The van der Waals surface area contributed by atoms with Crippen molar-refractivity contribution in [1.29, 1.82) is 0 Å². The van der Waals surface area contributed by atoms with Crippen molar-refractivity contribution in [3.8, 4) is 0 Å². The molecule has 3 rings (SSSR count). The molecule has 0 atom stereocenters. The van der Waals surface area contributed by atoms with Crippen molar-refractivity contribution < 1.29 is 22.8 Å². The van der Waals surface area contributed by atoms with Crippen molar-refractivity contribution in [2.24, 2.45) is 0 Å². The Bertz CT molecular complexity index is 977. The van der Waals surface area contributed by atoms with E-state index in [0.29, 0.717) is 16.8 Å². The molecule has 0 aromatic heterocycles. The molecular formula is C20H15F3N2O2. The highest BCUT2D eigenvalue weighted by Crippen LogP contribution is 2.20. The zero-order chi connectivity index (χ0) is 19.4. The third kappa shape index (κ3) is 4.44. The number of carbonyl (C=O) groups excluding carboxylic acids is 2. The number of anilines is 1. The fraction of sp³-hybridized carbons (Fsp3) is 0.100. The Morgan fingerprint density at radius 1 is 0.852 bits per heavy atom. The third-order valence-corrected chi connectivity index (χ3v) is 3.96. The van der Waals surface area contributed by atoms with E-state index in [2.05, 4.69) is 5.32 Å². The smallest absolute Gasteiger partial charge is 0.344 e. The van der Waals surface area contributed by atoms with Gasteiger partial charge in [0.2, 0.25) is 0 Å². The Morgan fingerprint density at radius 2 is 1.52 bits per heavy atom. The molecule has 27 heavy (non-hydrogen) atoms. The highest BCUT2D eigenvalue weighted by molar-refractivity contribution is 6.12. The standard InChI is InChI=1S/C20H15F3N2O2/c21-20(22,23)19(27)24-12-13-8-10-15(11-9-13)25-18(26)17-7-3-5-14-4-1-2-6-16(14)17/h1-11H,12H2,(H,24,27)(H,25,26). The van der Waals surface area contributed by atoms with Gasteiger partial charge in [-0.25, -0.2) is 0 Å². The Morgan fingerprint density at radius 3 is 2.22 bits per heavy atom. The summed E-state index contributed by atoms with van der Waals surface area (Å²) in [5, 5.41) is 6.32. The molecule has 0 fully saturated rings. The van der Waals surface area contributed by atoms with Crippen LogP contribution in [-0.2, 0) is 11.3 Å². The van der Waals surface area contributed by atoms with E-state index < -0.39 is 12.1 Å². The molecule has 0 saturated heterocycles. The van der Waals surface area contributed by atoms with Gasteiger partial charge in [-0.3, -0.25) is 9.59 Å². The minimum atomic E-state index is -4.91. The molecule has 2 N–H and O–H groups in total. The molecular weight excluding hydrogens is 357 g/mol. The number of hydrogen-bond donors (Lipinski definition) is 2. The van der Waals surface area contributed by atoms with Gasteiger partial charge < -0.3 is 10.6 Å². The number of amides is 2. The minimum absolute atomic E-state index is 0.254. The van der Waals surface area contributed by atoms with Crippen LogP contribution in [0.2, 0.25) is 0 Å². The lowest BCUT2D eigenvalue weighted by Crippen LogP contribution is -2.36. The van der Waals surface area contributed by atoms with E-state index >= 15 is 0 Å². The number of halogens is 3. The number of benzene rings is 3. The van der Waals surface area contributed by atoms with E-state index in [1.54, 1.807) is 29.6 Å². The first-order valence-corrected chi connectivity index (χ1v) is 8.08. The molecule has 0 spiro atoms. The topological polar surface area (TPSA) is 58.2 Å². The summed E-state index contributed by atoms with van der Waals surface area (Å²) >= 11 is 0. The number of fused-ring (bicyclic) bond motifs is 1. The van der Waals surface area contributed by atoms with Gasteiger partial charge in [0.1, 0.15) is 0 Å². The number of alkyl halides is 3. The van der Waals surface area contributed by atoms with Crippen LogP contribution in [0.25, 0.3) is 10.8 Å². The Balaban J connectivity index is 1.67. The second kappa shape index (κ2) is 7.49. The Kier molecular flexibility index (Phi) is 5.12. The van der Waals surface area contributed by atoms with Crippen molar-refractivity contribution in [3.05, 3.63) is 77.9 Å². The SMILES string of the molecule is O=C(Nc1ccc(CNC(=O)C(F)(F)F)cc1)c1cccc2ccccc12. The molecule has 138 valence electrons. The van der Waals surface area contributed by atoms with Gasteiger partial charge in [-0.2, -0.15) is 13.2 Å². The molecule has 0 radical (unpaired) electrons. The second-order valence-electron chi connectivity index (χ2n) is 5.86. The molecule has 0 aliphatic carbocycles. The Hall–Kier alpha value is -3.35. The van der Waals surface area contributed by atoms with Gasteiger partial charge in [0.05, 0.1) is 0 Å². The summed E-state index contributed by atoms with van der Waals surface area (Å²) in [5.74, 6) is -2.28. The van der Waals surface area contributed by atoms with Gasteiger partial charge >= 0.3 is 12.1 Å². The molecule has 2 amide bonds. The van der Waals surface area contributed by atoms with E-state index in [-0.39, 0.29) is 12.5 Å². The van der Waals surface area contributed by atoms with Crippen LogP contribution in [0, 0.1) is 0 Å². The van der Waals surface area contributed by atoms with Crippen molar-refractivity contribution in [2.45, 2.75) is 12.7 Å². The van der Waals surface area contributed by atoms with Crippen molar-refractivity contribution in [3.63, 3.8) is 0 Å². The number of rotatable bonds is 4. The number of nitrogens with one attached hydrogen (secondary N) is 2. The molecule has 0 aliphatic heterocycles. The summed E-state index contributed by atoms with van der Waals surface area (Å²) in [6.07, 6.45) is -4.91. The first-order valence-electron chi connectivity index (χ1n) is 8.08. The largest absolute Gasteiger partial charge is 0.471 e. The van der Waals surface area contributed by atoms with E-state index in [4.69, 9.17) is 0 Å². The lowest BCUT2D eigenvalue weighted by atomic mass is 10.0. The van der Waals surface area contributed by atoms with Gasteiger partial charge in [0.15, 0.2) is 0 Å². The van der Waals surface area contributed by atoms with E-state index in [9.17, 15) is 22.8 Å². The molecule has 0 saturated carbocycles. The van der Waals surface area contributed by atoms with Gasteiger partial charge in [0, 0.05) is 17.8 Å². The maximum atomic E-state index is 12.5. The minimum Gasteiger partial charge on any atom is -0.344 e. The van der Waals surface area contributed by atoms with Gasteiger partial charge in [-0.15, -0.1) is 0 Å². The van der Waals surface area contributed by atoms with Gasteiger partial charge in [-0.05, 0) is 34.5 Å². The number of hydrogen-bond acceptors (Lipinski definition) is 2. The molecule has 0 aliphatic rings. The zero-order valence-corrected chi connectivity index (χ0v) is 14.0. The molecule has 4 nitrogen and oxygen atoms in total. The lowest BCUT2D eigenvalue weighted by molar-refractivity contribution is -0.173. The first-order chi connectivity index (χ1) is 12.8. The van der Waals surface area contributed by atoms with Crippen LogP contribution in [0.1, 0.15) is 15.9 Å². The predicted molar refractivity (Wildman–Crippen MR) is 96.2 cm³/mol. The average Bonchev–Trinajstić information content (AvgIpc) is 2.66. The maximum Gasteiger partial charge on any atom is 0.471 e. The highest BCUT2D eigenvalue weighted by atomic mass is 19.4. The van der Waals surface area contributed by atoms with E-state index in [1.807, 2.05) is 30.3 Å². The monoisotopic (exact) mass is 372 g/mol. The molecule has 0 bridgehead atoms. The van der Waals surface area contributed by atoms with E-state index in [0.717, 1.165) is 10.8 Å². The summed E-state index contributed by atoms with van der Waals surface area (Å²) in [7, 11) is 0. The summed E-state index contributed by atoms with van der Waals surface area (Å²) in [6, 6.07) is 19.1. The lowest BCUT2D eigenvalue weighted by Gasteiger charge is -2.10. The van der Waals surface area contributed by atoms with Crippen LogP contribution < -0.4 is 10.6 Å². The van der Waals surface area contributed by atoms with Gasteiger partial charge in [-0.1, -0.05) is 48.5 Å². The molecule has 3 aromatic rings. The van der Waals surface area contributed by atoms with Crippen LogP contribution >= 0.6 is 0 Å². The second-order valence-corrected chi connectivity index (χ2v) is 5.86. The van der Waals surface area contributed by atoms with Crippen LogP contribution in [0.3, 0.4) is 0 Å². The predicted octanol–water partition coefficient (Wildman–Crippen LogP) is 4.27. The quantitative estimate of drug-likeness (QED) is 0.719. The summed E-state index contributed by atoms with van der Waals surface area (Å²) in [6.45, 7) is -0.254. The summed E-state index contributed by atoms with van der Waals surface area (Å²) in [4.78, 5) is 23.4. The number of carbonyl (C=O) groups is 2. The van der Waals surface area contributed by atoms with Crippen molar-refractivity contribution >= 4 is 28.3 Å².